The number of carboxylic acids is 1. The predicted octanol–water partition coefficient (Wildman–Crippen LogP) is 1.01. The molecule has 3 rings (SSSR count). The number of hydrogen-bond acceptors (Lipinski definition) is 3. The molecule has 0 radical (unpaired) electrons. The zero-order valence-corrected chi connectivity index (χ0v) is 10.8. The van der Waals surface area contributed by atoms with Crippen molar-refractivity contribution >= 4 is 17.6 Å². The van der Waals surface area contributed by atoms with Crippen molar-refractivity contribution in [1.29, 1.82) is 10.5 Å². The SMILES string of the molecule is N#CC(C#N)=c1ccc2c(c1C(=O)O)C=c1ccccc1=2. The Morgan fingerprint density at radius 2 is 1.71 bits per heavy atom. The molecule has 0 saturated carbocycles. The second-order valence-electron chi connectivity index (χ2n) is 4.58. The van der Waals surface area contributed by atoms with Crippen molar-refractivity contribution < 1.29 is 9.90 Å². The Hall–Kier alpha value is -3.37. The number of hydrogen-bond donors (Lipinski definition) is 1. The van der Waals surface area contributed by atoms with Gasteiger partial charge in [-0.25, -0.2) is 4.79 Å². The average Bonchev–Trinajstić information content (AvgIpc) is 2.86. The van der Waals surface area contributed by atoms with E-state index in [1.54, 1.807) is 24.3 Å². The zero-order chi connectivity index (χ0) is 15.0. The van der Waals surface area contributed by atoms with Gasteiger partial charge in [0.1, 0.15) is 17.7 Å². The van der Waals surface area contributed by atoms with Gasteiger partial charge in [-0.1, -0.05) is 36.4 Å². The first-order valence-electron chi connectivity index (χ1n) is 6.19. The lowest BCUT2D eigenvalue weighted by molar-refractivity contribution is 0.0695. The summed E-state index contributed by atoms with van der Waals surface area (Å²) in [4.78, 5) is 11.6. The van der Waals surface area contributed by atoms with E-state index < -0.39 is 5.97 Å². The topological polar surface area (TPSA) is 84.9 Å². The molecule has 2 aromatic rings. The van der Waals surface area contributed by atoms with Gasteiger partial charge in [-0.3, -0.25) is 0 Å². The molecule has 0 amide bonds. The maximum atomic E-state index is 11.6. The Morgan fingerprint density at radius 1 is 1.00 bits per heavy atom. The minimum Gasteiger partial charge on any atom is -0.478 e. The quantitative estimate of drug-likeness (QED) is 0.716. The third-order valence-corrected chi connectivity index (χ3v) is 3.50. The van der Waals surface area contributed by atoms with Crippen LogP contribution in [0.3, 0.4) is 0 Å². The van der Waals surface area contributed by atoms with Crippen LogP contribution in [0.15, 0.2) is 36.4 Å². The molecule has 0 bridgehead atoms. The molecule has 21 heavy (non-hydrogen) atoms. The molecule has 4 nitrogen and oxygen atoms in total. The van der Waals surface area contributed by atoms with Gasteiger partial charge in [0.05, 0.1) is 5.56 Å². The van der Waals surface area contributed by atoms with E-state index in [-0.39, 0.29) is 16.4 Å². The summed E-state index contributed by atoms with van der Waals surface area (Å²) in [6, 6.07) is 14.4. The average molecular weight is 272 g/mol. The van der Waals surface area contributed by atoms with Gasteiger partial charge < -0.3 is 5.11 Å². The van der Waals surface area contributed by atoms with Gasteiger partial charge in [0.25, 0.3) is 0 Å². The summed E-state index contributed by atoms with van der Waals surface area (Å²) in [5.74, 6) is -1.14. The zero-order valence-electron chi connectivity index (χ0n) is 10.8. The van der Waals surface area contributed by atoms with Crippen molar-refractivity contribution in [3.05, 3.63) is 68.4 Å². The van der Waals surface area contributed by atoms with Gasteiger partial charge in [0.15, 0.2) is 0 Å². The standard InChI is InChI=1S/C17H8N2O2/c18-8-11(9-19)13-5-6-14-12-4-2-1-3-10(12)7-15(14)16(13)17(20)21/h1-7H,(H,20,21). The monoisotopic (exact) mass is 272 g/mol. The first-order chi connectivity index (χ1) is 10.2. The minimum atomic E-state index is -1.14. The molecular formula is C17H8N2O2. The summed E-state index contributed by atoms with van der Waals surface area (Å²) in [5.41, 5.74) is 0.352. The molecule has 4 heteroatoms. The lowest BCUT2D eigenvalue weighted by Gasteiger charge is -2.02. The highest BCUT2D eigenvalue weighted by atomic mass is 16.4. The van der Waals surface area contributed by atoms with Gasteiger partial charge >= 0.3 is 5.97 Å². The third-order valence-electron chi connectivity index (χ3n) is 3.50. The molecule has 0 saturated heterocycles. The molecule has 1 aliphatic carbocycles. The Bertz CT molecular complexity index is 1070. The molecule has 0 atom stereocenters. The Balaban J connectivity index is 2.62. The van der Waals surface area contributed by atoms with Gasteiger partial charge in [0, 0.05) is 5.22 Å². The second kappa shape index (κ2) is 4.63. The smallest absolute Gasteiger partial charge is 0.337 e. The summed E-state index contributed by atoms with van der Waals surface area (Å²) >= 11 is 0. The van der Waals surface area contributed by atoms with Crippen molar-refractivity contribution in [2.75, 3.05) is 0 Å². The molecule has 98 valence electrons. The third kappa shape index (κ3) is 1.79. The summed E-state index contributed by atoms with van der Waals surface area (Å²) in [6.07, 6.45) is 1.78. The van der Waals surface area contributed by atoms with Gasteiger partial charge in [-0.05, 0) is 27.3 Å². The van der Waals surface area contributed by atoms with Crippen LogP contribution in [-0.2, 0) is 0 Å². The van der Waals surface area contributed by atoms with Crippen LogP contribution in [0.1, 0.15) is 15.9 Å². The van der Waals surface area contributed by atoms with Crippen LogP contribution in [-0.4, -0.2) is 11.1 Å². The first-order valence-corrected chi connectivity index (χ1v) is 6.19. The number of fused-ring (bicyclic) bond motifs is 2. The predicted molar refractivity (Wildman–Crippen MR) is 75.0 cm³/mol. The summed E-state index contributed by atoms with van der Waals surface area (Å²) in [7, 11) is 0. The molecule has 0 unspecified atom stereocenters. The molecule has 1 N–H and O–H groups in total. The van der Waals surface area contributed by atoms with Gasteiger partial charge in [0.2, 0.25) is 0 Å². The van der Waals surface area contributed by atoms with Crippen LogP contribution < -0.4 is 10.4 Å². The number of benzene rings is 2. The van der Waals surface area contributed by atoms with E-state index in [2.05, 4.69) is 0 Å². The highest BCUT2D eigenvalue weighted by Crippen LogP contribution is 2.13. The second-order valence-corrected chi connectivity index (χ2v) is 4.58. The molecule has 0 heterocycles. The van der Waals surface area contributed by atoms with Crippen LogP contribution >= 0.6 is 0 Å². The molecular weight excluding hydrogens is 264 g/mol. The van der Waals surface area contributed by atoms with Crippen LogP contribution in [0, 0.1) is 33.1 Å². The van der Waals surface area contributed by atoms with Crippen molar-refractivity contribution in [1.82, 2.24) is 0 Å². The van der Waals surface area contributed by atoms with E-state index in [0.717, 1.165) is 15.7 Å². The number of carboxylic acid groups (broad SMARTS) is 1. The van der Waals surface area contributed by atoms with Crippen molar-refractivity contribution in [3.63, 3.8) is 0 Å². The van der Waals surface area contributed by atoms with E-state index in [1.165, 1.54) is 6.07 Å². The summed E-state index contributed by atoms with van der Waals surface area (Å²) in [5, 5.41) is 30.3. The maximum absolute atomic E-state index is 11.6. The van der Waals surface area contributed by atoms with Crippen molar-refractivity contribution in [2.45, 2.75) is 0 Å². The lowest BCUT2D eigenvalue weighted by atomic mass is 10.0. The van der Waals surface area contributed by atoms with E-state index in [0.29, 0.717) is 5.56 Å². The van der Waals surface area contributed by atoms with Crippen LogP contribution in [0.4, 0.5) is 0 Å². The summed E-state index contributed by atoms with van der Waals surface area (Å²) < 4.78 is 0. The maximum Gasteiger partial charge on any atom is 0.337 e. The van der Waals surface area contributed by atoms with Gasteiger partial charge in [-0.2, -0.15) is 10.5 Å². The lowest BCUT2D eigenvalue weighted by Crippen LogP contribution is -2.19. The van der Waals surface area contributed by atoms with Crippen LogP contribution in [0.2, 0.25) is 0 Å². The molecule has 0 spiro atoms. The number of aromatic carboxylic acids is 1. The first kappa shape index (κ1) is 12.7. The molecule has 1 aliphatic rings. The van der Waals surface area contributed by atoms with Crippen molar-refractivity contribution in [2.24, 2.45) is 0 Å². The molecule has 0 aromatic heterocycles. The Labute approximate surface area is 119 Å². The fourth-order valence-electron chi connectivity index (χ4n) is 2.61. The number of nitriles is 2. The van der Waals surface area contributed by atoms with Crippen LogP contribution in [0.5, 0.6) is 0 Å². The number of carbonyl (C=O) groups is 1. The van der Waals surface area contributed by atoms with Gasteiger partial charge in [-0.15, -0.1) is 0 Å². The molecule has 2 aromatic carbocycles. The van der Waals surface area contributed by atoms with Crippen molar-refractivity contribution in [3.8, 4) is 12.1 Å². The van der Waals surface area contributed by atoms with E-state index in [1.807, 2.05) is 24.3 Å². The highest BCUT2D eigenvalue weighted by molar-refractivity contribution is 5.95. The highest BCUT2D eigenvalue weighted by Gasteiger charge is 2.16. The number of rotatable bonds is 1. The number of nitrogens with zero attached hydrogens (tertiary/aromatic N) is 2. The fraction of sp³-hybridized carbons (Fsp3) is 0. The van der Waals surface area contributed by atoms with E-state index in [9.17, 15) is 9.90 Å². The molecule has 0 fully saturated rings. The summed E-state index contributed by atoms with van der Waals surface area (Å²) in [6.45, 7) is 0. The molecule has 0 aliphatic heterocycles. The normalized spacial score (nSPS) is 10.6. The minimum absolute atomic E-state index is 0.00167. The van der Waals surface area contributed by atoms with E-state index in [4.69, 9.17) is 10.5 Å². The Kier molecular flexibility index (Phi) is 2.79. The largest absolute Gasteiger partial charge is 0.478 e. The van der Waals surface area contributed by atoms with E-state index >= 15 is 0 Å². The van der Waals surface area contributed by atoms with Crippen LogP contribution in [0.25, 0.3) is 11.6 Å². The Morgan fingerprint density at radius 3 is 2.38 bits per heavy atom. The fourth-order valence-corrected chi connectivity index (χ4v) is 2.61.